The van der Waals surface area contributed by atoms with Gasteiger partial charge < -0.3 is 5.32 Å². The first-order valence-electron chi connectivity index (χ1n) is 4.20. The summed E-state index contributed by atoms with van der Waals surface area (Å²) >= 11 is 0. The van der Waals surface area contributed by atoms with Gasteiger partial charge in [0, 0.05) is 6.54 Å². The van der Waals surface area contributed by atoms with Crippen LogP contribution in [-0.4, -0.2) is 12.5 Å². The smallest absolute Gasteiger partial charge is 0.322 e. The molecule has 3 nitrogen and oxygen atoms in total. The van der Waals surface area contributed by atoms with Crippen LogP contribution in [0.1, 0.15) is 33.6 Å². The molecule has 0 radical (unpaired) electrons. The van der Waals surface area contributed by atoms with Gasteiger partial charge >= 0.3 is 5.91 Å². The zero-order chi connectivity index (χ0) is 9.61. The van der Waals surface area contributed by atoms with Crippen LogP contribution in [0.5, 0.6) is 0 Å². The fourth-order valence-corrected chi connectivity index (χ4v) is 1.12. The topological polar surface area (TPSA) is 52.9 Å². The average molecular weight is 168 g/mol. The summed E-state index contributed by atoms with van der Waals surface area (Å²) in [5.74, 6) is -0.542. The molecule has 0 aromatic rings. The normalized spacial score (nSPS) is 10.5. The predicted molar refractivity (Wildman–Crippen MR) is 47.3 cm³/mol. The highest BCUT2D eigenvalue weighted by Gasteiger charge is 2.16. The van der Waals surface area contributed by atoms with E-state index in [0.29, 0.717) is 6.54 Å². The summed E-state index contributed by atoms with van der Waals surface area (Å²) in [5, 5.41) is 10.8. The molecule has 0 aromatic heterocycles. The van der Waals surface area contributed by atoms with Gasteiger partial charge in [-0.1, -0.05) is 27.2 Å². The van der Waals surface area contributed by atoms with Crippen LogP contribution in [0.3, 0.4) is 0 Å². The number of nitrogens with one attached hydrogen (secondary N) is 1. The third kappa shape index (κ3) is 4.73. The summed E-state index contributed by atoms with van der Waals surface area (Å²) < 4.78 is 0. The van der Waals surface area contributed by atoms with Crippen molar-refractivity contribution in [3.63, 3.8) is 0 Å². The van der Waals surface area contributed by atoms with Gasteiger partial charge in [0.05, 0.1) is 0 Å². The number of rotatable bonds is 4. The zero-order valence-corrected chi connectivity index (χ0v) is 7.98. The monoisotopic (exact) mass is 168 g/mol. The Morgan fingerprint density at radius 3 is 2.58 bits per heavy atom. The molecule has 0 unspecified atom stereocenters. The summed E-state index contributed by atoms with van der Waals surface area (Å²) in [7, 11) is 0. The fraction of sp³-hybridized carbons (Fsp3) is 0.778. The summed E-state index contributed by atoms with van der Waals surface area (Å²) in [6.07, 6.45) is 2.15. The van der Waals surface area contributed by atoms with Gasteiger partial charge in [-0.15, -0.1) is 0 Å². The van der Waals surface area contributed by atoms with E-state index in [1.54, 1.807) is 0 Å². The van der Waals surface area contributed by atoms with Gasteiger partial charge in [0.15, 0.2) is 6.07 Å². The largest absolute Gasteiger partial charge is 0.343 e. The van der Waals surface area contributed by atoms with E-state index in [0.717, 1.165) is 12.8 Å². The molecule has 0 fully saturated rings. The first-order chi connectivity index (χ1) is 5.52. The van der Waals surface area contributed by atoms with Crippen molar-refractivity contribution in [3.8, 4) is 6.07 Å². The minimum Gasteiger partial charge on any atom is -0.343 e. The van der Waals surface area contributed by atoms with Gasteiger partial charge in [0.25, 0.3) is 0 Å². The highest BCUT2D eigenvalue weighted by Crippen LogP contribution is 2.20. The number of carbonyl (C=O) groups is 1. The van der Waals surface area contributed by atoms with Crippen LogP contribution in [0, 0.1) is 16.7 Å². The quantitative estimate of drug-likeness (QED) is 0.646. The van der Waals surface area contributed by atoms with Gasteiger partial charge in [-0.3, -0.25) is 4.79 Å². The summed E-state index contributed by atoms with van der Waals surface area (Å²) in [6.45, 7) is 6.84. The lowest BCUT2D eigenvalue weighted by Crippen LogP contribution is -2.32. The summed E-state index contributed by atoms with van der Waals surface area (Å²) in [6, 6.07) is 1.53. The average Bonchev–Trinajstić information content (AvgIpc) is 2.00. The molecule has 0 rings (SSSR count). The van der Waals surface area contributed by atoms with E-state index in [-0.39, 0.29) is 5.41 Å². The van der Waals surface area contributed by atoms with Crippen LogP contribution in [-0.2, 0) is 4.79 Å². The predicted octanol–water partition coefficient (Wildman–Crippen LogP) is 1.45. The number of hydrogen-bond acceptors (Lipinski definition) is 2. The standard InChI is InChI=1S/C9H16N2O/c1-4-5-9(2,3)7-11-8(12)6-10/h4-5,7H2,1-3H3,(H,11,12). The zero-order valence-electron chi connectivity index (χ0n) is 7.98. The van der Waals surface area contributed by atoms with E-state index in [1.165, 1.54) is 6.07 Å². The molecule has 0 aliphatic carbocycles. The Bertz CT molecular complexity index is 191. The van der Waals surface area contributed by atoms with Crippen LogP contribution in [0.2, 0.25) is 0 Å². The molecule has 1 N–H and O–H groups in total. The van der Waals surface area contributed by atoms with E-state index >= 15 is 0 Å². The molecular formula is C9H16N2O. The van der Waals surface area contributed by atoms with Gasteiger partial charge in [-0.05, 0) is 11.8 Å². The lowest BCUT2D eigenvalue weighted by molar-refractivity contribution is -0.116. The molecule has 0 aromatic carbocycles. The number of amides is 1. The van der Waals surface area contributed by atoms with E-state index in [2.05, 4.69) is 26.1 Å². The van der Waals surface area contributed by atoms with E-state index in [9.17, 15) is 4.79 Å². The van der Waals surface area contributed by atoms with Crippen molar-refractivity contribution in [3.05, 3.63) is 0 Å². The van der Waals surface area contributed by atoms with Crippen LogP contribution >= 0.6 is 0 Å². The maximum absolute atomic E-state index is 10.6. The molecule has 0 aliphatic heterocycles. The summed E-state index contributed by atoms with van der Waals surface area (Å²) in [5.41, 5.74) is 0.0985. The van der Waals surface area contributed by atoms with Crippen molar-refractivity contribution in [2.75, 3.05) is 6.54 Å². The lowest BCUT2D eigenvalue weighted by atomic mass is 9.88. The molecular weight excluding hydrogens is 152 g/mol. The molecule has 0 saturated heterocycles. The van der Waals surface area contributed by atoms with Crippen LogP contribution in [0.4, 0.5) is 0 Å². The fourth-order valence-electron chi connectivity index (χ4n) is 1.12. The second-order valence-electron chi connectivity index (χ2n) is 3.71. The second kappa shape index (κ2) is 4.76. The van der Waals surface area contributed by atoms with Crippen molar-refractivity contribution in [1.29, 1.82) is 5.26 Å². The van der Waals surface area contributed by atoms with Crippen LogP contribution in [0.25, 0.3) is 0 Å². The molecule has 12 heavy (non-hydrogen) atoms. The molecule has 0 atom stereocenters. The highest BCUT2D eigenvalue weighted by molar-refractivity contribution is 5.91. The Morgan fingerprint density at radius 1 is 1.58 bits per heavy atom. The third-order valence-electron chi connectivity index (χ3n) is 1.76. The highest BCUT2D eigenvalue weighted by atomic mass is 16.1. The maximum Gasteiger partial charge on any atom is 0.322 e. The first-order valence-corrected chi connectivity index (χ1v) is 4.20. The number of carbonyl (C=O) groups excluding carboxylic acids is 1. The van der Waals surface area contributed by atoms with E-state index in [1.807, 2.05) is 0 Å². The molecule has 0 aliphatic rings. The van der Waals surface area contributed by atoms with E-state index < -0.39 is 5.91 Å². The number of nitriles is 1. The SMILES string of the molecule is CCCC(C)(C)CNC(=O)C#N. The number of nitrogens with zero attached hydrogens (tertiary/aromatic N) is 1. The lowest BCUT2D eigenvalue weighted by Gasteiger charge is -2.23. The van der Waals surface area contributed by atoms with Gasteiger partial charge in [-0.25, -0.2) is 0 Å². The third-order valence-corrected chi connectivity index (χ3v) is 1.76. The number of hydrogen-bond donors (Lipinski definition) is 1. The Morgan fingerprint density at radius 2 is 2.17 bits per heavy atom. The Balaban J connectivity index is 3.76. The molecule has 1 amide bonds. The molecule has 0 heterocycles. The van der Waals surface area contributed by atoms with Crippen molar-refractivity contribution in [2.45, 2.75) is 33.6 Å². The molecule has 0 spiro atoms. The molecule has 3 heteroatoms. The first kappa shape index (κ1) is 11.0. The van der Waals surface area contributed by atoms with E-state index in [4.69, 9.17) is 5.26 Å². The van der Waals surface area contributed by atoms with Gasteiger partial charge in [-0.2, -0.15) is 5.26 Å². The van der Waals surface area contributed by atoms with Crippen LogP contribution in [0.15, 0.2) is 0 Å². The van der Waals surface area contributed by atoms with Gasteiger partial charge in [0.2, 0.25) is 0 Å². The Kier molecular flexibility index (Phi) is 4.35. The molecule has 0 bridgehead atoms. The Hall–Kier alpha value is -1.04. The maximum atomic E-state index is 10.6. The molecule has 0 saturated carbocycles. The van der Waals surface area contributed by atoms with Crippen molar-refractivity contribution in [1.82, 2.24) is 5.32 Å². The second-order valence-corrected chi connectivity index (χ2v) is 3.71. The van der Waals surface area contributed by atoms with Crippen molar-refractivity contribution < 1.29 is 4.79 Å². The minimum absolute atomic E-state index is 0.0985. The van der Waals surface area contributed by atoms with Crippen LogP contribution < -0.4 is 5.32 Å². The van der Waals surface area contributed by atoms with Crippen molar-refractivity contribution >= 4 is 5.91 Å². The molecule has 68 valence electrons. The van der Waals surface area contributed by atoms with Gasteiger partial charge in [0.1, 0.15) is 0 Å². The van der Waals surface area contributed by atoms with Crippen molar-refractivity contribution in [2.24, 2.45) is 5.41 Å². The summed E-state index contributed by atoms with van der Waals surface area (Å²) in [4.78, 5) is 10.6. The Labute approximate surface area is 73.8 Å². The minimum atomic E-state index is -0.542.